The summed E-state index contributed by atoms with van der Waals surface area (Å²) in [6.07, 6.45) is 1.44. The van der Waals surface area contributed by atoms with E-state index in [0.717, 1.165) is 11.8 Å². The van der Waals surface area contributed by atoms with Crippen molar-refractivity contribution >= 4 is 29.8 Å². The highest BCUT2D eigenvalue weighted by atomic mass is 32.2. The van der Waals surface area contributed by atoms with Crippen molar-refractivity contribution in [2.75, 3.05) is 13.2 Å². The third-order valence-electron chi connectivity index (χ3n) is 2.85. The van der Waals surface area contributed by atoms with Gasteiger partial charge in [0.15, 0.2) is 6.61 Å². The third-order valence-corrected chi connectivity index (χ3v) is 3.72. The molecule has 132 valence electrons. The van der Waals surface area contributed by atoms with Gasteiger partial charge in [-0.15, -0.1) is 5.10 Å². The van der Waals surface area contributed by atoms with E-state index < -0.39 is 11.9 Å². The highest BCUT2D eigenvalue weighted by molar-refractivity contribution is 8.04. The molecule has 0 atom stereocenters. The minimum absolute atomic E-state index is 0.0196. The number of para-hydroxylation sites is 1. The summed E-state index contributed by atoms with van der Waals surface area (Å²) in [4.78, 5) is 27.0. The fourth-order valence-corrected chi connectivity index (χ4v) is 2.56. The number of rotatable bonds is 8. The predicted molar refractivity (Wildman–Crippen MR) is 91.2 cm³/mol. The smallest absolute Gasteiger partial charge is 0.344 e. The zero-order valence-corrected chi connectivity index (χ0v) is 14.5. The maximum atomic E-state index is 11.5. The number of aromatic amines is 1. The van der Waals surface area contributed by atoms with E-state index in [2.05, 4.69) is 15.2 Å². The van der Waals surface area contributed by atoms with Gasteiger partial charge in [0.1, 0.15) is 16.5 Å². The predicted octanol–water partition coefficient (Wildman–Crippen LogP) is 2.27. The molecule has 0 aliphatic heterocycles. The van der Waals surface area contributed by atoms with Crippen LogP contribution in [0.1, 0.15) is 18.3 Å². The van der Waals surface area contributed by atoms with Gasteiger partial charge in [-0.25, -0.2) is 14.6 Å². The van der Waals surface area contributed by atoms with Gasteiger partial charge in [0.05, 0.1) is 6.61 Å². The lowest BCUT2D eigenvalue weighted by Crippen LogP contribution is -2.14. The maximum Gasteiger partial charge on any atom is 0.344 e. The van der Waals surface area contributed by atoms with E-state index in [4.69, 9.17) is 9.47 Å². The number of benzene rings is 1. The van der Waals surface area contributed by atoms with Crippen molar-refractivity contribution in [3.8, 4) is 5.75 Å². The van der Waals surface area contributed by atoms with Crippen LogP contribution in [0.15, 0.2) is 34.3 Å². The average molecular weight is 363 g/mol. The van der Waals surface area contributed by atoms with Crippen molar-refractivity contribution in [3.05, 3.63) is 40.6 Å². The fourth-order valence-electron chi connectivity index (χ4n) is 1.81. The van der Waals surface area contributed by atoms with Gasteiger partial charge in [-0.1, -0.05) is 18.2 Å². The molecule has 2 rings (SSSR count). The molecule has 8 nitrogen and oxygen atoms in total. The molecular weight excluding hydrogens is 346 g/mol. The molecule has 0 saturated heterocycles. The zero-order valence-electron chi connectivity index (χ0n) is 13.7. The molecule has 0 fully saturated rings. The topological polar surface area (TPSA) is 114 Å². The van der Waals surface area contributed by atoms with Crippen LogP contribution in [0, 0.1) is 6.92 Å². The lowest BCUT2D eigenvalue weighted by molar-refractivity contribution is -0.145. The van der Waals surface area contributed by atoms with Gasteiger partial charge in [0.25, 0.3) is 0 Å². The summed E-state index contributed by atoms with van der Waals surface area (Å²) in [6.45, 7) is 3.43. The first-order valence-electron chi connectivity index (χ1n) is 7.39. The first kappa shape index (κ1) is 18.5. The van der Waals surface area contributed by atoms with E-state index in [1.54, 1.807) is 38.1 Å². The van der Waals surface area contributed by atoms with Gasteiger partial charge in [0.2, 0.25) is 5.16 Å². The summed E-state index contributed by atoms with van der Waals surface area (Å²) in [5, 5.41) is 16.3. The Balaban J connectivity index is 2.21. The van der Waals surface area contributed by atoms with Gasteiger partial charge in [-0.3, -0.25) is 5.10 Å². The second-order valence-electron chi connectivity index (χ2n) is 4.75. The number of carbonyl (C=O) groups excluding carboxylic acids is 1. The van der Waals surface area contributed by atoms with E-state index in [-0.39, 0.29) is 18.1 Å². The van der Waals surface area contributed by atoms with E-state index in [9.17, 15) is 14.7 Å². The molecule has 9 heteroatoms. The molecule has 0 bridgehead atoms. The highest BCUT2D eigenvalue weighted by Gasteiger charge is 2.14. The Morgan fingerprint density at radius 2 is 2.12 bits per heavy atom. The Hall–Kier alpha value is -2.81. The van der Waals surface area contributed by atoms with E-state index in [1.807, 2.05) is 0 Å². The number of carboxylic acid groups (broad SMARTS) is 1. The zero-order chi connectivity index (χ0) is 18.2. The van der Waals surface area contributed by atoms with Crippen LogP contribution in [-0.2, 0) is 14.3 Å². The van der Waals surface area contributed by atoms with Gasteiger partial charge in [-0.2, -0.15) is 0 Å². The number of hydrogen-bond donors (Lipinski definition) is 2. The van der Waals surface area contributed by atoms with E-state index in [1.165, 1.54) is 6.08 Å². The molecule has 0 unspecified atom stereocenters. The summed E-state index contributed by atoms with van der Waals surface area (Å²) < 4.78 is 10.2. The van der Waals surface area contributed by atoms with Crippen molar-refractivity contribution in [3.63, 3.8) is 0 Å². The summed E-state index contributed by atoms with van der Waals surface area (Å²) in [6, 6.07) is 6.80. The molecule has 0 saturated carbocycles. The van der Waals surface area contributed by atoms with Gasteiger partial charge in [0, 0.05) is 5.56 Å². The molecule has 2 aromatic rings. The van der Waals surface area contributed by atoms with Crippen LogP contribution in [0.3, 0.4) is 0 Å². The Morgan fingerprint density at radius 1 is 1.36 bits per heavy atom. The van der Waals surface area contributed by atoms with Crippen LogP contribution in [0.2, 0.25) is 0 Å². The number of thioether (sulfide) groups is 1. The largest absolute Gasteiger partial charge is 0.481 e. The molecule has 0 radical (unpaired) electrons. The molecule has 0 aliphatic carbocycles. The summed E-state index contributed by atoms with van der Waals surface area (Å²) in [7, 11) is 0. The highest BCUT2D eigenvalue weighted by Crippen LogP contribution is 2.28. The molecule has 25 heavy (non-hydrogen) atoms. The number of carboxylic acids is 1. The van der Waals surface area contributed by atoms with Gasteiger partial charge >= 0.3 is 11.9 Å². The minimum atomic E-state index is -1.12. The first-order valence-corrected chi connectivity index (χ1v) is 8.20. The van der Waals surface area contributed by atoms with Crippen LogP contribution in [-0.4, -0.2) is 45.4 Å². The van der Waals surface area contributed by atoms with Crippen LogP contribution in [0.5, 0.6) is 5.75 Å². The standard InChI is InChI=1S/C16H17N3O5S/c1-3-23-14(20)9-24-12-7-5-4-6-11(12)8-13(15(21)22)25-16-17-10(2)18-19-16/h4-8H,3,9H2,1-2H3,(H,21,22)(H,17,18,19)/b13-8-. The Labute approximate surface area is 148 Å². The molecule has 1 aromatic carbocycles. The third kappa shape index (κ3) is 5.64. The molecular formula is C16H17N3O5S. The number of carbonyl (C=O) groups is 2. The van der Waals surface area contributed by atoms with Gasteiger partial charge < -0.3 is 14.6 Å². The van der Waals surface area contributed by atoms with Crippen LogP contribution < -0.4 is 4.74 Å². The van der Waals surface area contributed by atoms with Crippen molar-refractivity contribution in [2.24, 2.45) is 0 Å². The Morgan fingerprint density at radius 3 is 2.76 bits per heavy atom. The second-order valence-corrected chi connectivity index (χ2v) is 5.76. The number of ether oxygens (including phenoxy) is 2. The molecule has 1 heterocycles. The summed E-state index contributed by atoms with van der Waals surface area (Å²) in [5.74, 6) is -0.649. The van der Waals surface area contributed by atoms with E-state index >= 15 is 0 Å². The quantitative estimate of drug-likeness (QED) is 0.417. The number of aliphatic carboxylic acids is 1. The van der Waals surface area contributed by atoms with Crippen LogP contribution in [0.4, 0.5) is 0 Å². The SMILES string of the molecule is CCOC(=O)COc1ccccc1/C=C(\Sc1n[nH]c(C)n1)C(=O)O. The molecule has 0 aliphatic rings. The van der Waals surface area contributed by atoms with Crippen molar-refractivity contribution in [1.29, 1.82) is 0 Å². The Bertz CT molecular complexity index is 788. The van der Waals surface area contributed by atoms with Gasteiger partial charge in [-0.05, 0) is 37.8 Å². The summed E-state index contributed by atoms with van der Waals surface area (Å²) >= 11 is 0.915. The molecule has 1 aromatic heterocycles. The van der Waals surface area contributed by atoms with Crippen molar-refractivity contribution < 1.29 is 24.2 Å². The van der Waals surface area contributed by atoms with Crippen molar-refractivity contribution in [2.45, 2.75) is 19.0 Å². The van der Waals surface area contributed by atoms with Crippen LogP contribution in [0.25, 0.3) is 6.08 Å². The van der Waals surface area contributed by atoms with Crippen LogP contribution >= 0.6 is 11.8 Å². The number of aromatic nitrogens is 3. The number of nitrogens with zero attached hydrogens (tertiary/aromatic N) is 2. The summed E-state index contributed by atoms with van der Waals surface area (Å²) in [5.41, 5.74) is 0.518. The maximum absolute atomic E-state index is 11.5. The number of esters is 1. The number of aryl methyl sites for hydroxylation is 1. The first-order chi connectivity index (χ1) is 12.0. The lowest BCUT2D eigenvalue weighted by Gasteiger charge is -2.09. The Kier molecular flexibility index (Phi) is 6.58. The number of H-pyrrole nitrogens is 1. The number of nitrogens with one attached hydrogen (secondary N) is 1. The molecule has 0 spiro atoms. The monoisotopic (exact) mass is 363 g/mol. The molecule has 2 N–H and O–H groups in total. The molecule has 0 amide bonds. The van der Waals surface area contributed by atoms with E-state index in [0.29, 0.717) is 22.3 Å². The normalized spacial score (nSPS) is 11.2. The van der Waals surface area contributed by atoms with Crippen molar-refractivity contribution in [1.82, 2.24) is 15.2 Å². The fraction of sp³-hybridized carbons (Fsp3) is 0.250. The lowest BCUT2D eigenvalue weighted by atomic mass is 10.2. The average Bonchev–Trinajstić information content (AvgIpc) is 2.98. The minimum Gasteiger partial charge on any atom is -0.481 e. The second kappa shape index (κ2) is 8.88. The number of hydrogen-bond acceptors (Lipinski definition) is 7.